The number of rotatable bonds is 7. The number of methoxy groups -OCH3 is 1. The average molecular weight is 343 g/mol. The molecule has 0 saturated carbocycles. The fourth-order valence-electron chi connectivity index (χ4n) is 1.90. The standard InChI is InChI=1S/C14H15F2N3O3S/c1-8-12(23-19-18-8)13(20)17-6-5-9-3-4-10(22-14(15)16)11(7-9)21-2/h3-4,7,14H,5-6H2,1-2H3,(H,17,20). The number of amides is 1. The van der Waals surface area contributed by atoms with Crippen molar-refractivity contribution in [1.29, 1.82) is 0 Å². The van der Waals surface area contributed by atoms with Gasteiger partial charge in [0.2, 0.25) is 0 Å². The van der Waals surface area contributed by atoms with Crippen LogP contribution in [0.5, 0.6) is 11.5 Å². The minimum atomic E-state index is -2.91. The van der Waals surface area contributed by atoms with Crippen LogP contribution in [-0.2, 0) is 6.42 Å². The molecule has 2 aromatic rings. The molecule has 9 heteroatoms. The third-order valence-electron chi connectivity index (χ3n) is 3.00. The van der Waals surface area contributed by atoms with Gasteiger partial charge in [0, 0.05) is 6.54 Å². The summed E-state index contributed by atoms with van der Waals surface area (Å²) in [7, 11) is 1.37. The van der Waals surface area contributed by atoms with Crippen LogP contribution in [0.15, 0.2) is 18.2 Å². The van der Waals surface area contributed by atoms with Crippen LogP contribution in [0.4, 0.5) is 8.78 Å². The molecule has 0 aliphatic heterocycles. The van der Waals surface area contributed by atoms with Crippen molar-refractivity contribution in [2.24, 2.45) is 0 Å². The highest BCUT2D eigenvalue weighted by Crippen LogP contribution is 2.29. The Balaban J connectivity index is 1.93. The summed E-state index contributed by atoms with van der Waals surface area (Å²) < 4.78 is 37.6. The second kappa shape index (κ2) is 7.82. The summed E-state index contributed by atoms with van der Waals surface area (Å²) in [5.41, 5.74) is 1.41. The second-order valence-corrected chi connectivity index (χ2v) is 5.31. The lowest BCUT2D eigenvalue weighted by atomic mass is 10.1. The van der Waals surface area contributed by atoms with E-state index >= 15 is 0 Å². The molecular formula is C14H15F2N3O3S. The number of nitrogens with zero attached hydrogens (tertiary/aromatic N) is 2. The van der Waals surface area contributed by atoms with Crippen LogP contribution in [0.2, 0.25) is 0 Å². The molecule has 0 fully saturated rings. The largest absolute Gasteiger partial charge is 0.493 e. The Morgan fingerprint density at radius 1 is 1.39 bits per heavy atom. The number of benzene rings is 1. The first-order valence-electron chi connectivity index (χ1n) is 6.70. The SMILES string of the molecule is COc1cc(CCNC(=O)c2snnc2C)ccc1OC(F)F. The molecule has 0 aliphatic rings. The van der Waals surface area contributed by atoms with Crippen LogP contribution in [0.1, 0.15) is 20.9 Å². The van der Waals surface area contributed by atoms with Crippen LogP contribution in [0, 0.1) is 6.92 Å². The highest BCUT2D eigenvalue weighted by molar-refractivity contribution is 7.07. The van der Waals surface area contributed by atoms with Gasteiger partial charge < -0.3 is 14.8 Å². The zero-order chi connectivity index (χ0) is 16.8. The van der Waals surface area contributed by atoms with E-state index in [-0.39, 0.29) is 17.4 Å². The van der Waals surface area contributed by atoms with Crippen molar-refractivity contribution in [2.45, 2.75) is 20.0 Å². The molecule has 1 aromatic heterocycles. The van der Waals surface area contributed by atoms with E-state index in [4.69, 9.17) is 4.74 Å². The molecule has 0 radical (unpaired) electrons. The fraction of sp³-hybridized carbons (Fsp3) is 0.357. The number of hydrogen-bond acceptors (Lipinski definition) is 6. The van der Waals surface area contributed by atoms with Crippen LogP contribution < -0.4 is 14.8 Å². The first-order chi connectivity index (χ1) is 11.0. The molecule has 6 nitrogen and oxygen atoms in total. The van der Waals surface area contributed by atoms with Crippen molar-refractivity contribution in [1.82, 2.24) is 14.9 Å². The summed E-state index contributed by atoms with van der Waals surface area (Å²) in [6.07, 6.45) is 0.516. The van der Waals surface area contributed by atoms with Gasteiger partial charge in [0.05, 0.1) is 12.8 Å². The number of halogens is 2. The molecule has 0 aliphatic carbocycles. The van der Waals surface area contributed by atoms with Gasteiger partial charge in [-0.1, -0.05) is 10.6 Å². The van der Waals surface area contributed by atoms with Gasteiger partial charge in [-0.15, -0.1) is 5.10 Å². The normalized spacial score (nSPS) is 10.7. The number of carbonyl (C=O) groups excluding carboxylic acids is 1. The summed E-state index contributed by atoms with van der Waals surface area (Å²) in [6.45, 7) is -0.815. The van der Waals surface area contributed by atoms with E-state index in [1.807, 2.05) is 0 Å². The van der Waals surface area contributed by atoms with Gasteiger partial charge in [0.15, 0.2) is 11.5 Å². The number of carbonyl (C=O) groups is 1. The molecule has 2 rings (SSSR count). The molecule has 124 valence electrons. The Hall–Kier alpha value is -2.29. The zero-order valence-corrected chi connectivity index (χ0v) is 13.3. The maximum atomic E-state index is 12.3. The molecule has 1 N–H and O–H groups in total. The highest BCUT2D eigenvalue weighted by Gasteiger charge is 2.13. The van der Waals surface area contributed by atoms with Gasteiger partial charge in [-0.3, -0.25) is 4.79 Å². The number of nitrogens with one attached hydrogen (secondary N) is 1. The quantitative estimate of drug-likeness (QED) is 0.836. The van der Waals surface area contributed by atoms with Crippen molar-refractivity contribution in [3.8, 4) is 11.5 Å². The van der Waals surface area contributed by atoms with Crippen LogP contribution >= 0.6 is 11.5 Å². The summed E-state index contributed by atoms with van der Waals surface area (Å²) in [5, 5.41) is 6.53. The number of ether oxygens (including phenoxy) is 2. The number of alkyl halides is 2. The smallest absolute Gasteiger partial charge is 0.387 e. The monoisotopic (exact) mass is 343 g/mol. The van der Waals surface area contributed by atoms with E-state index in [2.05, 4.69) is 19.6 Å². The van der Waals surface area contributed by atoms with Gasteiger partial charge in [-0.25, -0.2) is 0 Å². The molecular weight excluding hydrogens is 328 g/mol. The van der Waals surface area contributed by atoms with Crippen LogP contribution in [0.3, 0.4) is 0 Å². The molecule has 1 amide bonds. The Labute approximate surface area is 135 Å². The Kier molecular flexibility index (Phi) is 5.80. The van der Waals surface area contributed by atoms with Crippen molar-refractivity contribution in [3.63, 3.8) is 0 Å². The predicted molar refractivity (Wildman–Crippen MR) is 80.3 cm³/mol. The van der Waals surface area contributed by atoms with Crippen molar-refractivity contribution in [3.05, 3.63) is 34.3 Å². The van der Waals surface area contributed by atoms with Crippen LogP contribution in [-0.4, -0.2) is 35.8 Å². The van der Waals surface area contributed by atoms with Crippen molar-refractivity contribution in [2.75, 3.05) is 13.7 Å². The number of aryl methyl sites for hydroxylation is 1. The highest BCUT2D eigenvalue weighted by atomic mass is 32.1. The summed E-state index contributed by atoms with van der Waals surface area (Å²) in [5.74, 6) is -0.0413. The third kappa shape index (κ3) is 4.59. The van der Waals surface area contributed by atoms with Crippen molar-refractivity contribution >= 4 is 17.4 Å². The molecule has 0 unspecified atom stereocenters. The molecule has 1 heterocycles. The topological polar surface area (TPSA) is 73.3 Å². The predicted octanol–water partition coefficient (Wildman–Crippen LogP) is 2.43. The number of aromatic nitrogens is 2. The third-order valence-corrected chi connectivity index (χ3v) is 3.83. The van der Waals surface area contributed by atoms with Gasteiger partial charge in [-0.2, -0.15) is 8.78 Å². The summed E-state index contributed by atoms with van der Waals surface area (Å²) in [6, 6.07) is 4.66. The minimum absolute atomic E-state index is 0.0263. The lowest BCUT2D eigenvalue weighted by Gasteiger charge is -2.11. The lowest BCUT2D eigenvalue weighted by molar-refractivity contribution is -0.0512. The first kappa shape index (κ1) is 17.1. The summed E-state index contributed by atoms with van der Waals surface area (Å²) in [4.78, 5) is 12.4. The minimum Gasteiger partial charge on any atom is -0.493 e. The van der Waals surface area contributed by atoms with Crippen molar-refractivity contribution < 1.29 is 23.0 Å². The van der Waals surface area contributed by atoms with E-state index in [1.165, 1.54) is 13.2 Å². The van der Waals surface area contributed by atoms with Gasteiger partial charge >= 0.3 is 6.61 Å². The molecule has 0 atom stereocenters. The molecule has 0 spiro atoms. The van der Waals surface area contributed by atoms with E-state index in [0.717, 1.165) is 17.1 Å². The van der Waals surface area contributed by atoms with Gasteiger partial charge in [0.1, 0.15) is 4.88 Å². The second-order valence-electron chi connectivity index (χ2n) is 4.56. The first-order valence-corrected chi connectivity index (χ1v) is 7.47. The fourth-order valence-corrected chi connectivity index (χ4v) is 2.47. The summed E-state index contributed by atoms with van der Waals surface area (Å²) >= 11 is 1.04. The van der Waals surface area contributed by atoms with Crippen LogP contribution in [0.25, 0.3) is 0 Å². The molecule has 0 bridgehead atoms. The van der Waals surface area contributed by atoms with E-state index < -0.39 is 6.61 Å². The maximum absolute atomic E-state index is 12.3. The Bertz CT molecular complexity index is 679. The zero-order valence-electron chi connectivity index (χ0n) is 12.5. The van der Waals surface area contributed by atoms with E-state index in [1.54, 1.807) is 19.1 Å². The molecule has 0 saturated heterocycles. The Morgan fingerprint density at radius 2 is 2.17 bits per heavy atom. The molecule has 23 heavy (non-hydrogen) atoms. The Morgan fingerprint density at radius 3 is 2.78 bits per heavy atom. The molecule has 1 aromatic carbocycles. The van der Waals surface area contributed by atoms with Gasteiger partial charge in [-0.05, 0) is 42.6 Å². The van der Waals surface area contributed by atoms with E-state index in [0.29, 0.717) is 23.5 Å². The average Bonchev–Trinajstić information content (AvgIpc) is 2.94. The maximum Gasteiger partial charge on any atom is 0.387 e. The van der Waals surface area contributed by atoms with E-state index in [9.17, 15) is 13.6 Å². The number of hydrogen-bond donors (Lipinski definition) is 1. The van der Waals surface area contributed by atoms with Gasteiger partial charge in [0.25, 0.3) is 5.91 Å². The lowest BCUT2D eigenvalue weighted by Crippen LogP contribution is -2.25.